The lowest BCUT2D eigenvalue weighted by atomic mass is 10.2. The number of aryl methyl sites for hydroxylation is 1. The molecule has 2 aromatic carbocycles. The summed E-state index contributed by atoms with van der Waals surface area (Å²) < 4.78 is 23.9. The molecule has 0 aliphatic heterocycles. The predicted octanol–water partition coefficient (Wildman–Crippen LogP) is 3.94. The third-order valence-electron chi connectivity index (χ3n) is 3.84. The molecule has 0 atom stereocenters. The molecule has 7 heteroatoms. The van der Waals surface area contributed by atoms with Crippen molar-refractivity contribution >= 4 is 28.4 Å². The first-order valence-corrected chi connectivity index (χ1v) is 8.20. The fraction of sp³-hybridized carbons (Fsp3) is 0.118. The number of nitrogens with zero attached hydrogens (tertiary/aromatic N) is 4. The van der Waals surface area contributed by atoms with E-state index in [1.165, 1.54) is 17.8 Å². The maximum absolute atomic E-state index is 13.9. The SMILES string of the molecule is Cc1nn(-c2ccccc2F)cc1CNc1ccc2nsnc2c1. The highest BCUT2D eigenvalue weighted by Crippen LogP contribution is 2.19. The molecular weight excluding hydrogens is 325 g/mol. The zero-order valence-corrected chi connectivity index (χ0v) is 13.7. The van der Waals surface area contributed by atoms with Gasteiger partial charge in [0.15, 0.2) is 0 Å². The Kier molecular flexibility index (Phi) is 3.70. The van der Waals surface area contributed by atoms with Crippen LogP contribution in [-0.2, 0) is 6.54 Å². The Labute approximate surface area is 142 Å². The molecule has 0 aliphatic carbocycles. The van der Waals surface area contributed by atoms with Crippen molar-refractivity contribution in [2.24, 2.45) is 0 Å². The summed E-state index contributed by atoms with van der Waals surface area (Å²) in [6.07, 6.45) is 1.85. The number of anilines is 1. The van der Waals surface area contributed by atoms with Crippen LogP contribution in [0.3, 0.4) is 0 Å². The minimum Gasteiger partial charge on any atom is -0.381 e. The Bertz CT molecular complexity index is 1010. The minimum absolute atomic E-state index is 0.291. The Morgan fingerprint density at radius 3 is 2.83 bits per heavy atom. The van der Waals surface area contributed by atoms with Gasteiger partial charge in [-0.1, -0.05) is 12.1 Å². The molecule has 0 saturated carbocycles. The first-order valence-electron chi connectivity index (χ1n) is 7.47. The van der Waals surface area contributed by atoms with E-state index in [2.05, 4.69) is 19.2 Å². The lowest BCUT2D eigenvalue weighted by Gasteiger charge is -2.05. The van der Waals surface area contributed by atoms with E-state index in [-0.39, 0.29) is 5.82 Å². The number of aromatic nitrogens is 4. The van der Waals surface area contributed by atoms with Gasteiger partial charge in [0.1, 0.15) is 22.5 Å². The molecule has 0 unspecified atom stereocenters. The summed E-state index contributed by atoms with van der Waals surface area (Å²) in [6, 6.07) is 12.5. The monoisotopic (exact) mass is 339 g/mol. The van der Waals surface area contributed by atoms with Crippen molar-refractivity contribution in [2.45, 2.75) is 13.5 Å². The van der Waals surface area contributed by atoms with E-state index in [0.29, 0.717) is 12.2 Å². The Balaban J connectivity index is 1.55. The van der Waals surface area contributed by atoms with Crippen molar-refractivity contribution in [3.8, 4) is 5.69 Å². The first-order chi connectivity index (χ1) is 11.7. The van der Waals surface area contributed by atoms with Crippen LogP contribution in [0.4, 0.5) is 10.1 Å². The number of halogens is 1. The molecule has 4 rings (SSSR count). The smallest absolute Gasteiger partial charge is 0.148 e. The number of fused-ring (bicyclic) bond motifs is 1. The summed E-state index contributed by atoms with van der Waals surface area (Å²) in [7, 11) is 0. The van der Waals surface area contributed by atoms with Crippen LogP contribution in [0.25, 0.3) is 16.7 Å². The molecule has 2 heterocycles. The third kappa shape index (κ3) is 2.74. The summed E-state index contributed by atoms with van der Waals surface area (Å²) in [5.41, 5.74) is 5.06. The van der Waals surface area contributed by atoms with Gasteiger partial charge >= 0.3 is 0 Å². The van der Waals surface area contributed by atoms with Gasteiger partial charge in [-0.15, -0.1) is 0 Å². The summed E-state index contributed by atoms with van der Waals surface area (Å²) in [6.45, 7) is 2.52. The third-order valence-corrected chi connectivity index (χ3v) is 4.39. The Hall–Kier alpha value is -2.80. The van der Waals surface area contributed by atoms with Gasteiger partial charge in [-0.25, -0.2) is 9.07 Å². The lowest BCUT2D eigenvalue weighted by Crippen LogP contribution is -2.00. The summed E-state index contributed by atoms with van der Waals surface area (Å²) in [4.78, 5) is 0. The van der Waals surface area contributed by atoms with Crippen LogP contribution in [0.15, 0.2) is 48.7 Å². The van der Waals surface area contributed by atoms with Gasteiger partial charge in [-0.05, 0) is 37.3 Å². The van der Waals surface area contributed by atoms with Gasteiger partial charge in [-0.3, -0.25) is 0 Å². The standard InChI is InChI=1S/C17H14FN5S/c1-11-12(10-23(20-11)17-5-3-2-4-14(17)18)9-19-13-6-7-15-16(8-13)22-24-21-15/h2-8,10,19H,9H2,1H3. The normalized spacial score (nSPS) is 11.1. The average Bonchev–Trinajstić information content (AvgIpc) is 3.19. The van der Waals surface area contributed by atoms with Gasteiger partial charge in [0.05, 0.1) is 17.4 Å². The summed E-state index contributed by atoms with van der Waals surface area (Å²) in [5, 5.41) is 7.76. The molecule has 120 valence electrons. The highest BCUT2D eigenvalue weighted by atomic mass is 32.1. The van der Waals surface area contributed by atoms with Crippen LogP contribution in [0, 0.1) is 12.7 Å². The molecule has 0 saturated heterocycles. The average molecular weight is 339 g/mol. The van der Waals surface area contributed by atoms with Crippen molar-refractivity contribution in [1.82, 2.24) is 18.5 Å². The number of rotatable bonds is 4. The van der Waals surface area contributed by atoms with Gasteiger partial charge in [0.2, 0.25) is 0 Å². The van der Waals surface area contributed by atoms with Gasteiger partial charge in [0.25, 0.3) is 0 Å². The molecule has 4 aromatic rings. The van der Waals surface area contributed by atoms with E-state index in [1.807, 2.05) is 31.3 Å². The van der Waals surface area contributed by atoms with Gasteiger partial charge < -0.3 is 5.32 Å². The van der Waals surface area contributed by atoms with E-state index >= 15 is 0 Å². The Morgan fingerprint density at radius 1 is 1.12 bits per heavy atom. The quantitative estimate of drug-likeness (QED) is 0.612. The van der Waals surface area contributed by atoms with Gasteiger partial charge in [-0.2, -0.15) is 13.8 Å². The topological polar surface area (TPSA) is 55.6 Å². The highest BCUT2D eigenvalue weighted by molar-refractivity contribution is 7.00. The molecule has 5 nitrogen and oxygen atoms in total. The molecule has 2 aromatic heterocycles. The maximum atomic E-state index is 13.9. The molecule has 24 heavy (non-hydrogen) atoms. The molecular formula is C17H14FN5S. The van der Waals surface area contributed by atoms with E-state index in [4.69, 9.17) is 0 Å². The van der Waals surface area contributed by atoms with Crippen molar-refractivity contribution in [3.05, 3.63) is 65.7 Å². The zero-order chi connectivity index (χ0) is 16.5. The van der Waals surface area contributed by atoms with Crippen LogP contribution in [0.5, 0.6) is 0 Å². The number of para-hydroxylation sites is 1. The van der Waals surface area contributed by atoms with E-state index in [1.54, 1.807) is 22.9 Å². The predicted molar refractivity (Wildman–Crippen MR) is 93.0 cm³/mol. The van der Waals surface area contributed by atoms with Gasteiger partial charge in [0, 0.05) is 24.0 Å². The lowest BCUT2D eigenvalue weighted by molar-refractivity contribution is 0.610. The molecule has 1 N–H and O–H groups in total. The van der Waals surface area contributed by atoms with Crippen molar-refractivity contribution in [2.75, 3.05) is 5.32 Å². The van der Waals surface area contributed by atoms with Crippen LogP contribution in [0.1, 0.15) is 11.3 Å². The summed E-state index contributed by atoms with van der Waals surface area (Å²) in [5.74, 6) is -0.291. The van der Waals surface area contributed by atoms with Crippen molar-refractivity contribution in [1.29, 1.82) is 0 Å². The largest absolute Gasteiger partial charge is 0.381 e. The van der Waals surface area contributed by atoms with Crippen molar-refractivity contribution < 1.29 is 4.39 Å². The highest BCUT2D eigenvalue weighted by Gasteiger charge is 2.09. The zero-order valence-electron chi connectivity index (χ0n) is 12.9. The van der Waals surface area contributed by atoms with Crippen LogP contribution in [-0.4, -0.2) is 18.5 Å². The van der Waals surface area contributed by atoms with Crippen LogP contribution < -0.4 is 5.32 Å². The molecule has 0 amide bonds. The fourth-order valence-electron chi connectivity index (χ4n) is 2.52. The van der Waals surface area contributed by atoms with E-state index in [0.717, 1.165) is 28.0 Å². The molecule has 0 bridgehead atoms. The first kappa shape index (κ1) is 14.8. The second-order valence-electron chi connectivity index (χ2n) is 5.46. The van der Waals surface area contributed by atoms with Crippen molar-refractivity contribution in [3.63, 3.8) is 0 Å². The number of hydrogen-bond donors (Lipinski definition) is 1. The summed E-state index contributed by atoms with van der Waals surface area (Å²) >= 11 is 1.20. The Morgan fingerprint density at radius 2 is 1.96 bits per heavy atom. The van der Waals surface area contributed by atoms with E-state index in [9.17, 15) is 4.39 Å². The fourth-order valence-corrected chi connectivity index (χ4v) is 3.04. The molecule has 0 radical (unpaired) electrons. The van der Waals surface area contributed by atoms with E-state index < -0.39 is 0 Å². The van der Waals surface area contributed by atoms with Crippen LogP contribution in [0.2, 0.25) is 0 Å². The number of hydrogen-bond acceptors (Lipinski definition) is 5. The second kappa shape index (κ2) is 6.01. The minimum atomic E-state index is -0.291. The number of nitrogens with one attached hydrogen (secondary N) is 1. The van der Waals surface area contributed by atoms with Crippen LogP contribution >= 0.6 is 11.7 Å². The maximum Gasteiger partial charge on any atom is 0.148 e. The second-order valence-corrected chi connectivity index (χ2v) is 5.99. The molecule has 0 spiro atoms. The molecule has 0 fully saturated rings. The molecule has 0 aliphatic rings. The number of benzene rings is 2.